The molecule has 7 heteroatoms. The molecule has 0 aliphatic heterocycles. The number of hydrogen-bond donors (Lipinski definition) is 3. The third kappa shape index (κ3) is 4.37. The number of nitrogen functional groups attached to an aromatic ring is 1. The van der Waals surface area contributed by atoms with Crippen LogP contribution < -0.4 is 16.6 Å². The van der Waals surface area contributed by atoms with Crippen LogP contribution in [0.25, 0.3) is 0 Å². The van der Waals surface area contributed by atoms with Gasteiger partial charge in [-0.2, -0.15) is 5.10 Å². The molecule has 1 aromatic heterocycles. The molecule has 4 N–H and O–H groups in total. The van der Waals surface area contributed by atoms with Gasteiger partial charge in [0.05, 0.1) is 6.04 Å². The number of nitrogens with two attached hydrogens (primary N) is 1. The minimum Gasteiger partial charge on any atom is -0.356 e. The van der Waals surface area contributed by atoms with Crippen molar-refractivity contribution >= 4 is 17.3 Å². The Bertz CT molecular complexity index is 870. The summed E-state index contributed by atoms with van der Waals surface area (Å²) < 4.78 is 1.95. The average molecular weight is 378 g/mol. The Morgan fingerprint density at radius 3 is 2.14 bits per heavy atom. The molecular weight excluding hydrogens is 352 g/mol. The smallest absolute Gasteiger partial charge is 0.265 e. The summed E-state index contributed by atoms with van der Waals surface area (Å²) in [6, 6.07) is 15.7. The molecule has 28 heavy (non-hydrogen) atoms. The molecule has 3 aromatic rings. The first-order valence-corrected chi connectivity index (χ1v) is 9.48. The number of benzene rings is 2. The highest BCUT2D eigenvalue weighted by Crippen LogP contribution is 2.31. The molecule has 1 amide bonds. The Balaban J connectivity index is 1.77. The topological polar surface area (TPSA) is 97.9 Å². The molecule has 3 rings (SSSR count). The molecule has 0 radical (unpaired) electrons. The van der Waals surface area contributed by atoms with Gasteiger partial charge in [-0.3, -0.25) is 10.2 Å². The van der Waals surface area contributed by atoms with E-state index in [1.54, 1.807) is 24.8 Å². The van der Waals surface area contributed by atoms with Gasteiger partial charge in [-0.05, 0) is 47.9 Å². The van der Waals surface area contributed by atoms with Gasteiger partial charge >= 0.3 is 0 Å². The van der Waals surface area contributed by atoms with Gasteiger partial charge in [0.2, 0.25) is 0 Å². The number of carbonyl (C=O) groups excluding carboxylic acids is 1. The van der Waals surface area contributed by atoms with E-state index in [1.807, 2.05) is 16.8 Å². The third-order valence-electron chi connectivity index (χ3n) is 5.04. The first-order chi connectivity index (χ1) is 13.7. The van der Waals surface area contributed by atoms with Crippen molar-refractivity contribution in [3.05, 3.63) is 72.3 Å². The van der Waals surface area contributed by atoms with Crippen molar-refractivity contribution in [3.63, 3.8) is 0 Å². The predicted octanol–water partition coefficient (Wildman–Crippen LogP) is 3.65. The van der Waals surface area contributed by atoms with Crippen molar-refractivity contribution in [2.24, 2.45) is 11.8 Å². The summed E-state index contributed by atoms with van der Waals surface area (Å²) in [5.41, 5.74) is 5.72. The lowest BCUT2D eigenvalue weighted by Crippen LogP contribution is -2.29. The van der Waals surface area contributed by atoms with Gasteiger partial charge in [0.1, 0.15) is 12.7 Å². The molecule has 0 saturated carbocycles. The van der Waals surface area contributed by atoms with Gasteiger partial charge in [-0.1, -0.05) is 38.8 Å². The van der Waals surface area contributed by atoms with Crippen molar-refractivity contribution in [3.8, 4) is 0 Å². The normalized spacial score (nSPS) is 12.0. The summed E-state index contributed by atoms with van der Waals surface area (Å²) >= 11 is 0. The zero-order valence-corrected chi connectivity index (χ0v) is 16.2. The van der Waals surface area contributed by atoms with Crippen molar-refractivity contribution in [1.82, 2.24) is 20.2 Å². The van der Waals surface area contributed by atoms with Crippen molar-refractivity contribution in [2.45, 2.75) is 32.7 Å². The molecule has 0 saturated heterocycles. The number of hydrazine groups is 1. The van der Waals surface area contributed by atoms with Crippen LogP contribution in [0.2, 0.25) is 0 Å². The quantitative estimate of drug-likeness (QED) is 0.316. The highest BCUT2D eigenvalue weighted by atomic mass is 16.2. The Morgan fingerprint density at radius 1 is 1.04 bits per heavy atom. The molecular formula is C21H26N6O. The largest absolute Gasteiger partial charge is 0.356 e. The van der Waals surface area contributed by atoms with Crippen LogP contribution in [0.5, 0.6) is 0 Å². The van der Waals surface area contributed by atoms with Crippen LogP contribution in [0.3, 0.4) is 0 Å². The number of nitrogens with zero attached hydrogens (tertiary/aromatic N) is 3. The second-order valence-electron chi connectivity index (χ2n) is 6.69. The van der Waals surface area contributed by atoms with Gasteiger partial charge in [-0.15, -0.1) is 0 Å². The zero-order chi connectivity index (χ0) is 19.9. The van der Waals surface area contributed by atoms with E-state index in [2.05, 4.69) is 58.9 Å². The molecule has 0 spiro atoms. The van der Waals surface area contributed by atoms with Crippen LogP contribution in [0.15, 0.2) is 61.2 Å². The lowest BCUT2D eigenvalue weighted by Gasteiger charge is -2.26. The number of carbonyl (C=O) groups is 1. The number of hydrogen-bond acceptors (Lipinski definition) is 5. The second-order valence-corrected chi connectivity index (χ2v) is 6.69. The SMILES string of the molecule is CCC(CC)C(c1ccc(Nc2ccc(C(=O)NN)cc2)cc1)n1cncn1. The van der Waals surface area contributed by atoms with Crippen LogP contribution in [-0.4, -0.2) is 20.7 Å². The Hall–Kier alpha value is -3.19. The van der Waals surface area contributed by atoms with E-state index in [9.17, 15) is 4.79 Å². The van der Waals surface area contributed by atoms with Crippen molar-refractivity contribution in [2.75, 3.05) is 5.32 Å². The first kappa shape index (κ1) is 19.6. The number of amides is 1. The van der Waals surface area contributed by atoms with E-state index in [0.29, 0.717) is 11.5 Å². The predicted molar refractivity (Wildman–Crippen MR) is 110 cm³/mol. The van der Waals surface area contributed by atoms with Crippen molar-refractivity contribution in [1.29, 1.82) is 0 Å². The van der Waals surface area contributed by atoms with Gasteiger partial charge in [0, 0.05) is 16.9 Å². The van der Waals surface area contributed by atoms with Crippen LogP contribution >= 0.6 is 0 Å². The molecule has 2 aromatic carbocycles. The van der Waals surface area contributed by atoms with Crippen LogP contribution in [-0.2, 0) is 0 Å². The van der Waals surface area contributed by atoms with Gasteiger partial charge in [0.15, 0.2) is 0 Å². The van der Waals surface area contributed by atoms with E-state index in [-0.39, 0.29) is 11.9 Å². The molecule has 1 unspecified atom stereocenters. The lowest BCUT2D eigenvalue weighted by atomic mass is 9.89. The number of nitrogens with one attached hydrogen (secondary N) is 2. The first-order valence-electron chi connectivity index (χ1n) is 9.48. The molecule has 1 heterocycles. The molecule has 0 bridgehead atoms. The molecule has 7 nitrogen and oxygen atoms in total. The fourth-order valence-corrected chi connectivity index (χ4v) is 3.46. The number of anilines is 2. The summed E-state index contributed by atoms with van der Waals surface area (Å²) in [6.45, 7) is 4.42. The Morgan fingerprint density at radius 2 is 1.64 bits per heavy atom. The average Bonchev–Trinajstić information content (AvgIpc) is 3.27. The minimum absolute atomic E-state index is 0.167. The van der Waals surface area contributed by atoms with E-state index in [4.69, 9.17) is 5.84 Å². The van der Waals surface area contributed by atoms with E-state index in [0.717, 1.165) is 24.2 Å². The summed E-state index contributed by atoms with van der Waals surface area (Å²) in [5, 5.41) is 7.73. The zero-order valence-electron chi connectivity index (χ0n) is 16.2. The third-order valence-corrected chi connectivity index (χ3v) is 5.04. The summed E-state index contributed by atoms with van der Waals surface area (Å²) in [6.07, 6.45) is 5.52. The van der Waals surface area contributed by atoms with Gasteiger partial charge in [-0.25, -0.2) is 15.5 Å². The molecule has 1 atom stereocenters. The van der Waals surface area contributed by atoms with Crippen molar-refractivity contribution < 1.29 is 4.79 Å². The van der Waals surface area contributed by atoms with E-state index in [1.165, 1.54) is 5.56 Å². The molecule has 0 fully saturated rings. The second kappa shape index (κ2) is 9.14. The maximum Gasteiger partial charge on any atom is 0.265 e. The fourth-order valence-electron chi connectivity index (χ4n) is 3.46. The Kier molecular flexibility index (Phi) is 6.39. The van der Waals surface area contributed by atoms with Gasteiger partial charge in [0.25, 0.3) is 5.91 Å². The number of rotatable bonds is 8. The number of aromatic nitrogens is 3. The highest BCUT2D eigenvalue weighted by molar-refractivity contribution is 5.94. The molecule has 0 aliphatic carbocycles. The minimum atomic E-state index is -0.309. The standard InChI is InChI=1S/C21H26N6O/c1-3-15(4-2)20(27-14-23-13-24-27)16-5-9-18(10-6-16)25-19-11-7-17(8-12-19)21(28)26-22/h5-15,20,25H,3-4,22H2,1-2H3,(H,26,28). The fraction of sp³-hybridized carbons (Fsp3) is 0.286. The summed E-state index contributed by atoms with van der Waals surface area (Å²) in [7, 11) is 0. The summed E-state index contributed by atoms with van der Waals surface area (Å²) in [4.78, 5) is 15.6. The lowest BCUT2D eigenvalue weighted by molar-refractivity contribution is 0.0953. The molecule has 0 aliphatic rings. The van der Waals surface area contributed by atoms with Crippen LogP contribution in [0.4, 0.5) is 11.4 Å². The van der Waals surface area contributed by atoms with Gasteiger partial charge < -0.3 is 5.32 Å². The Labute approximate surface area is 164 Å². The highest BCUT2D eigenvalue weighted by Gasteiger charge is 2.23. The summed E-state index contributed by atoms with van der Waals surface area (Å²) in [5.74, 6) is 5.33. The van der Waals surface area contributed by atoms with E-state index >= 15 is 0 Å². The van der Waals surface area contributed by atoms with E-state index < -0.39 is 0 Å². The maximum atomic E-state index is 11.5. The van der Waals surface area contributed by atoms with Crippen LogP contribution in [0.1, 0.15) is 48.7 Å². The monoisotopic (exact) mass is 378 g/mol. The van der Waals surface area contributed by atoms with Crippen LogP contribution in [0, 0.1) is 5.92 Å². The molecule has 146 valence electrons. The maximum absolute atomic E-state index is 11.5.